The van der Waals surface area contributed by atoms with Crippen molar-refractivity contribution in [2.45, 2.75) is 20.0 Å². The number of urea groups is 1. The molecule has 0 aromatic heterocycles. The van der Waals surface area contributed by atoms with Crippen molar-refractivity contribution >= 4 is 17.4 Å². The van der Waals surface area contributed by atoms with Crippen molar-refractivity contribution < 1.29 is 18.0 Å². The topological polar surface area (TPSA) is 67.1 Å². The predicted molar refractivity (Wildman–Crippen MR) is 63.4 cm³/mol. The van der Waals surface area contributed by atoms with Crippen LogP contribution in [0.5, 0.6) is 0 Å². The third-order valence-electron chi connectivity index (χ3n) is 2.40. The maximum atomic E-state index is 11.9. The first-order chi connectivity index (χ1) is 8.20. The third kappa shape index (κ3) is 3.83. The molecule has 1 aromatic carbocycles. The molecule has 0 atom stereocenters. The maximum absolute atomic E-state index is 11.9. The van der Waals surface area contributed by atoms with E-state index >= 15 is 0 Å². The number of alkyl halides is 3. The Morgan fingerprint density at radius 1 is 1.33 bits per heavy atom. The summed E-state index contributed by atoms with van der Waals surface area (Å²) < 4.78 is 35.7. The minimum Gasteiger partial charge on any atom is -0.398 e. The van der Waals surface area contributed by atoms with Crippen molar-refractivity contribution in [2.75, 3.05) is 17.6 Å². The highest BCUT2D eigenvalue weighted by Crippen LogP contribution is 2.25. The molecule has 0 aliphatic heterocycles. The van der Waals surface area contributed by atoms with Crippen molar-refractivity contribution in [3.63, 3.8) is 0 Å². The van der Waals surface area contributed by atoms with Crippen molar-refractivity contribution in [3.05, 3.63) is 23.3 Å². The zero-order valence-electron chi connectivity index (χ0n) is 9.98. The van der Waals surface area contributed by atoms with Gasteiger partial charge < -0.3 is 16.4 Å². The monoisotopic (exact) mass is 261 g/mol. The van der Waals surface area contributed by atoms with E-state index < -0.39 is 18.8 Å². The fourth-order valence-corrected chi connectivity index (χ4v) is 1.39. The van der Waals surface area contributed by atoms with Crippen LogP contribution in [-0.2, 0) is 0 Å². The number of halogens is 3. The Bertz CT molecular complexity index is 458. The highest BCUT2D eigenvalue weighted by molar-refractivity contribution is 5.92. The summed E-state index contributed by atoms with van der Waals surface area (Å²) in [6, 6.07) is 2.44. The van der Waals surface area contributed by atoms with Crippen LogP contribution in [0.25, 0.3) is 0 Å². The quantitative estimate of drug-likeness (QED) is 0.716. The lowest BCUT2D eigenvalue weighted by atomic mass is 10.1. The Hall–Kier alpha value is -1.92. The van der Waals surface area contributed by atoms with E-state index in [9.17, 15) is 18.0 Å². The summed E-state index contributed by atoms with van der Waals surface area (Å²) in [6.07, 6.45) is -4.43. The maximum Gasteiger partial charge on any atom is 0.405 e. The summed E-state index contributed by atoms with van der Waals surface area (Å²) in [5.74, 6) is 0. The van der Waals surface area contributed by atoms with E-state index in [0.29, 0.717) is 16.9 Å². The molecule has 2 amide bonds. The molecular formula is C11H14F3N3O. The number of rotatable bonds is 2. The summed E-state index contributed by atoms with van der Waals surface area (Å²) in [7, 11) is 0. The summed E-state index contributed by atoms with van der Waals surface area (Å²) in [4.78, 5) is 11.3. The van der Waals surface area contributed by atoms with Crippen molar-refractivity contribution in [1.82, 2.24) is 5.32 Å². The first kappa shape index (κ1) is 14.1. The number of carbonyl (C=O) groups is 1. The van der Waals surface area contributed by atoms with Crippen molar-refractivity contribution in [1.29, 1.82) is 0 Å². The van der Waals surface area contributed by atoms with Gasteiger partial charge >= 0.3 is 12.2 Å². The highest BCUT2D eigenvalue weighted by atomic mass is 19.4. The van der Waals surface area contributed by atoms with Gasteiger partial charge in [0.15, 0.2) is 0 Å². The van der Waals surface area contributed by atoms with E-state index in [1.807, 2.05) is 0 Å². The number of nitrogens with two attached hydrogens (primary N) is 1. The van der Waals surface area contributed by atoms with Crippen LogP contribution in [0.4, 0.5) is 29.3 Å². The van der Waals surface area contributed by atoms with E-state index in [2.05, 4.69) is 5.32 Å². The Morgan fingerprint density at radius 2 is 1.94 bits per heavy atom. The average molecular weight is 261 g/mol. The van der Waals surface area contributed by atoms with Crippen molar-refractivity contribution in [3.8, 4) is 0 Å². The number of nitrogen functional groups attached to an aromatic ring is 1. The average Bonchev–Trinajstić information content (AvgIpc) is 2.26. The molecule has 0 saturated heterocycles. The molecule has 0 heterocycles. The second-order valence-electron chi connectivity index (χ2n) is 3.89. The van der Waals surface area contributed by atoms with Gasteiger partial charge in [0.25, 0.3) is 0 Å². The minimum absolute atomic E-state index is 0.426. The molecule has 100 valence electrons. The normalized spacial score (nSPS) is 11.2. The first-order valence-electron chi connectivity index (χ1n) is 5.18. The van der Waals surface area contributed by atoms with Gasteiger partial charge in [0.2, 0.25) is 0 Å². The molecule has 0 fully saturated rings. The second-order valence-corrected chi connectivity index (χ2v) is 3.89. The smallest absolute Gasteiger partial charge is 0.398 e. The fourth-order valence-electron chi connectivity index (χ4n) is 1.39. The van der Waals surface area contributed by atoms with Gasteiger partial charge in [0.05, 0.1) is 5.69 Å². The third-order valence-corrected chi connectivity index (χ3v) is 2.40. The SMILES string of the molecule is Cc1ccc(N)c(C)c1NC(=O)NCC(F)(F)F. The molecular weight excluding hydrogens is 247 g/mol. The molecule has 4 N–H and O–H groups in total. The number of hydrogen-bond acceptors (Lipinski definition) is 2. The number of hydrogen-bond donors (Lipinski definition) is 3. The number of anilines is 2. The Kier molecular flexibility index (Phi) is 4.05. The Balaban J connectivity index is 2.74. The second kappa shape index (κ2) is 5.16. The van der Waals surface area contributed by atoms with E-state index in [0.717, 1.165) is 5.56 Å². The summed E-state index contributed by atoms with van der Waals surface area (Å²) in [5, 5.41) is 4.09. The molecule has 1 rings (SSSR count). The number of amides is 2. The lowest BCUT2D eigenvalue weighted by molar-refractivity contribution is -0.122. The zero-order valence-corrected chi connectivity index (χ0v) is 9.98. The fraction of sp³-hybridized carbons (Fsp3) is 0.364. The summed E-state index contributed by atoms with van der Waals surface area (Å²) in [6.45, 7) is 2.03. The number of benzene rings is 1. The zero-order chi connectivity index (χ0) is 13.9. The Labute approximate surface area is 102 Å². The van der Waals surface area contributed by atoms with E-state index in [4.69, 9.17) is 5.73 Å². The minimum atomic E-state index is -4.43. The molecule has 0 aliphatic carbocycles. The molecule has 0 spiro atoms. The predicted octanol–water partition coefficient (Wildman–Crippen LogP) is 2.57. The van der Waals surface area contributed by atoms with E-state index in [-0.39, 0.29) is 0 Å². The molecule has 0 aliphatic rings. The van der Waals surface area contributed by atoms with Gasteiger partial charge in [-0.25, -0.2) is 4.79 Å². The standard InChI is InChI=1S/C11H14F3N3O/c1-6-3-4-8(15)7(2)9(6)17-10(18)16-5-11(12,13)14/h3-4H,5,15H2,1-2H3,(H2,16,17,18). The van der Waals surface area contributed by atoms with Crippen molar-refractivity contribution in [2.24, 2.45) is 0 Å². The summed E-state index contributed by atoms with van der Waals surface area (Å²) >= 11 is 0. The van der Waals surface area contributed by atoms with Gasteiger partial charge in [0, 0.05) is 5.69 Å². The molecule has 0 radical (unpaired) electrons. The van der Waals surface area contributed by atoms with Crippen LogP contribution in [0, 0.1) is 13.8 Å². The largest absolute Gasteiger partial charge is 0.405 e. The van der Waals surface area contributed by atoms with E-state index in [1.165, 1.54) is 0 Å². The van der Waals surface area contributed by atoms with Crippen LogP contribution in [0.15, 0.2) is 12.1 Å². The van der Waals surface area contributed by atoms with Crippen LogP contribution >= 0.6 is 0 Å². The number of aryl methyl sites for hydroxylation is 1. The summed E-state index contributed by atoms with van der Waals surface area (Å²) in [5.41, 5.74) is 7.90. The van der Waals surface area contributed by atoms with Gasteiger partial charge in [-0.05, 0) is 31.0 Å². The lowest BCUT2D eigenvalue weighted by Gasteiger charge is -2.14. The molecule has 0 unspecified atom stereocenters. The first-order valence-corrected chi connectivity index (χ1v) is 5.18. The van der Waals surface area contributed by atoms with Crippen LogP contribution in [0.1, 0.15) is 11.1 Å². The molecule has 1 aromatic rings. The number of nitrogens with one attached hydrogen (secondary N) is 2. The molecule has 0 bridgehead atoms. The Morgan fingerprint density at radius 3 is 2.50 bits per heavy atom. The van der Waals surface area contributed by atoms with Gasteiger partial charge in [0.1, 0.15) is 6.54 Å². The van der Waals surface area contributed by atoms with Crippen LogP contribution in [-0.4, -0.2) is 18.8 Å². The van der Waals surface area contributed by atoms with Crippen LogP contribution in [0.2, 0.25) is 0 Å². The van der Waals surface area contributed by atoms with Crippen LogP contribution < -0.4 is 16.4 Å². The molecule has 0 saturated carbocycles. The number of carbonyl (C=O) groups excluding carboxylic acids is 1. The van der Waals surface area contributed by atoms with E-state index in [1.54, 1.807) is 31.3 Å². The molecule has 7 heteroatoms. The molecule has 4 nitrogen and oxygen atoms in total. The molecule has 18 heavy (non-hydrogen) atoms. The van der Waals surface area contributed by atoms with Gasteiger partial charge in [-0.2, -0.15) is 13.2 Å². The lowest BCUT2D eigenvalue weighted by Crippen LogP contribution is -2.36. The highest BCUT2D eigenvalue weighted by Gasteiger charge is 2.27. The van der Waals surface area contributed by atoms with Gasteiger partial charge in [-0.3, -0.25) is 0 Å². The van der Waals surface area contributed by atoms with Gasteiger partial charge in [-0.1, -0.05) is 6.07 Å². The van der Waals surface area contributed by atoms with Gasteiger partial charge in [-0.15, -0.1) is 0 Å². The van der Waals surface area contributed by atoms with Crippen LogP contribution in [0.3, 0.4) is 0 Å².